The third kappa shape index (κ3) is 2.82. The highest BCUT2D eigenvalue weighted by molar-refractivity contribution is 7.89. The van der Waals surface area contributed by atoms with E-state index in [0.717, 1.165) is 12.8 Å². The molecule has 0 amide bonds. The second-order valence-electron chi connectivity index (χ2n) is 4.45. The Kier molecular flexibility index (Phi) is 3.89. The van der Waals surface area contributed by atoms with Crippen LogP contribution < -0.4 is 15.2 Å². The lowest BCUT2D eigenvalue weighted by Crippen LogP contribution is -2.41. The number of benzene rings is 1. The predicted molar refractivity (Wildman–Crippen MR) is 68.9 cm³/mol. The first-order valence-electron chi connectivity index (χ1n) is 5.94. The van der Waals surface area contributed by atoms with Gasteiger partial charge in [-0.3, -0.25) is 0 Å². The molecule has 1 saturated carbocycles. The SMILES string of the molecule is COc1ccccc1S(=O)(=O)NC(CN)C1CC1. The summed E-state index contributed by atoms with van der Waals surface area (Å²) in [6, 6.07) is 6.38. The van der Waals surface area contributed by atoms with Crippen LogP contribution in [0, 0.1) is 5.92 Å². The number of sulfonamides is 1. The van der Waals surface area contributed by atoms with Gasteiger partial charge in [0.2, 0.25) is 10.0 Å². The molecule has 18 heavy (non-hydrogen) atoms. The zero-order valence-electron chi connectivity index (χ0n) is 10.3. The summed E-state index contributed by atoms with van der Waals surface area (Å²) in [6.45, 7) is 0.318. The van der Waals surface area contributed by atoms with E-state index in [0.29, 0.717) is 18.2 Å². The van der Waals surface area contributed by atoms with Crippen LogP contribution in [0.1, 0.15) is 12.8 Å². The molecule has 0 heterocycles. The second kappa shape index (κ2) is 5.26. The fraction of sp³-hybridized carbons (Fsp3) is 0.500. The van der Waals surface area contributed by atoms with Crippen LogP contribution in [-0.2, 0) is 10.0 Å². The molecule has 1 aliphatic rings. The van der Waals surface area contributed by atoms with Gasteiger partial charge in [0.05, 0.1) is 7.11 Å². The molecule has 1 aromatic rings. The van der Waals surface area contributed by atoms with E-state index >= 15 is 0 Å². The summed E-state index contributed by atoms with van der Waals surface area (Å²) in [4.78, 5) is 0.159. The molecule has 1 aromatic carbocycles. The summed E-state index contributed by atoms with van der Waals surface area (Å²) in [6.07, 6.45) is 2.08. The number of hydrogen-bond acceptors (Lipinski definition) is 4. The Morgan fingerprint density at radius 2 is 2.11 bits per heavy atom. The molecule has 1 unspecified atom stereocenters. The largest absolute Gasteiger partial charge is 0.495 e. The minimum Gasteiger partial charge on any atom is -0.495 e. The number of methoxy groups -OCH3 is 1. The van der Waals surface area contributed by atoms with Crippen molar-refractivity contribution >= 4 is 10.0 Å². The number of hydrogen-bond donors (Lipinski definition) is 2. The van der Waals surface area contributed by atoms with E-state index in [1.54, 1.807) is 18.2 Å². The third-order valence-corrected chi connectivity index (χ3v) is 4.64. The number of ether oxygens (including phenoxy) is 1. The number of rotatable bonds is 6. The number of para-hydroxylation sites is 1. The highest BCUT2D eigenvalue weighted by atomic mass is 32.2. The van der Waals surface area contributed by atoms with E-state index in [2.05, 4.69) is 4.72 Å². The lowest BCUT2D eigenvalue weighted by atomic mass is 10.2. The van der Waals surface area contributed by atoms with Gasteiger partial charge >= 0.3 is 0 Å². The maximum Gasteiger partial charge on any atom is 0.244 e. The highest BCUT2D eigenvalue weighted by Crippen LogP contribution is 2.33. The van der Waals surface area contributed by atoms with Crippen LogP contribution >= 0.6 is 0 Å². The summed E-state index contributed by atoms with van der Waals surface area (Å²) >= 11 is 0. The predicted octanol–water partition coefficient (Wildman–Crippen LogP) is 0.711. The first-order chi connectivity index (χ1) is 8.58. The topological polar surface area (TPSA) is 81.4 Å². The minimum atomic E-state index is -3.57. The number of nitrogens with two attached hydrogens (primary N) is 1. The first kappa shape index (κ1) is 13.3. The zero-order valence-corrected chi connectivity index (χ0v) is 11.1. The fourth-order valence-corrected chi connectivity index (χ4v) is 3.43. The molecule has 0 spiro atoms. The summed E-state index contributed by atoms with van der Waals surface area (Å²) in [5, 5.41) is 0. The van der Waals surface area contributed by atoms with E-state index in [1.807, 2.05) is 0 Å². The molecule has 0 aromatic heterocycles. The normalized spacial score (nSPS) is 17.4. The van der Waals surface area contributed by atoms with E-state index in [4.69, 9.17) is 10.5 Å². The van der Waals surface area contributed by atoms with Crippen LogP contribution in [0.25, 0.3) is 0 Å². The van der Waals surface area contributed by atoms with Crippen LogP contribution in [-0.4, -0.2) is 28.1 Å². The molecule has 6 heteroatoms. The van der Waals surface area contributed by atoms with Gasteiger partial charge in [0.25, 0.3) is 0 Å². The zero-order chi connectivity index (χ0) is 13.2. The van der Waals surface area contributed by atoms with Crippen molar-refractivity contribution in [3.63, 3.8) is 0 Å². The molecule has 0 saturated heterocycles. The Hall–Kier alpha value is -1.11. The molecular formula is C12H18N2O3S. The van der Waals surface area contributed by atoms with Gasteiger partial charge in [0.15, 0.2) is 0 Å². The molecule has 1 fully saturated rings. The third-order valence-electron chi connectivity index (χ3n) is 3.11. The van der Waals surface area contributed by atoms with Crippen LogP contribution in [0.5, 0.6) is 5.75 Å². The Labute approximate surface area is 107 Å². The molecule has 1 aliphatic carbocycles. The summed E-state index contributed by atoms with van der Waals surface area (Å²) in [7, 11) is -2.12. The molecule has 2 rings (SSSR count). The van der Waals surface area contributed by atoms with Crippen molar-refractivity contribution < 1.29 is 13.2 Å². The summed E-state index contributed by atoms with van der Waals surface area (Å²) < 4.78 is 32.3. The summed E-state index contributed by atoms with van der Waals surface area (Å²) in [5.41, 5.74) is 5.61. The molecule has 100 valence electrons. The van der Waals surface area contributed by atoms with Gasteiger partial charge in [-0.2, -0.15) is 0 Å². The minimum absolute atomic E-state index is 0.159. The Balaban J connectivity index is 2.24. The van der Waals surface area contributed by atoms with Crippen molar-refractivity contribution in [3.8, 4) is 5.75 Å². The molecule has 5 nitrogen and oxygen atoms in total. The van der Waals surface area contributed by atoms with Gasteiger partial charge in [-0.05, 0) is 30.9 Å². The number of nitrogens with one attached hydrogen (secondary N) is 1. The molecule has 3 N–H and O–H groups in total. The van der Waals surface area contributed by atoms with Crippen molar-refractivity contribution in [2.75, 3.05) is 13.7 Å². The van der Waals surface area contributed by atoms with E-state index < -0.39 is 10.0 Å². The van der Waals surface area contributed by atoms with Gasteiger partial charge in [0.1, 0.15) is 10.6 Å². The van der Waals surface area contributed by atoms with Gasteiger partial charge in [-0.1, -0.05) is 12.1 Å². The standard InChI is InChI=1S/C12H18N2O3S/c1-17-11-4-2-3-5-12(11)18(15,16)14-10(8-13)9-6-7-9/h2-5,9-10,14H,6-8,13H2,1H3. The second-order valence-corrected chi connectivity index (χ2v) is 6.13. The first-order valence-corrected chi connectivity index (χ1v) is 7.42. The fourth-order valence-electron chi connectivity index (χ4n) is 1.94. The summed E-state index contributed by atoms with van der Waals surface area (Å²) in [5.74, 6) is 0.719. The Morgan fingerprint density at radius 1 is 1.44 bits per heavy atom. The Bertz CT molecular complexity index is 512. The van der Waals surface area contributed by atoms with Crippen LogP contribution in [0.2, 0.25) is 0 Å². The van der Waals surface area contributed by atoms with E-state index in [-0.39, 0.29) is 10.9 Å². The molecular weight excluding hydrogens is 252 g/mol. The molecule has 0 bridgehead atoms. The van der Waals surface area contributed by atoms with Crippen molar-refractivity contribution in [2.24, 2.45) is 11.7 Å². The van der Waals surface area contributed by atoms with Crippen molar-refractivity contribution in [1.29, 1.82) is 0 Å². The van der Waals surface area contributed by atoms with E-state index in [9.17, 15) is 8.42 Å². The average Bonchev–Trinajstić information content (AvgIpc) is 3.20. The smallest absolute Gasteiger partial charge is 0.244 e. The quantitative estimate of drug-likeness (QED) is 0.797. The van der Waals surface area contributed by atoms with Gasteiger partial charge < -0.3 is 10.5 Å². The Morgan fingerprint density at radius 3 is 2.67 bits per heavy atom. The lowest BCUT2D eigenvalue weighted by molar-refractivity contribution is 0.401. The van der Waals surface area contributed by atoms with Crippen LogP contribution in [0.15, 0.2) is 29.2 Å². The monoisotopic (exact) mass is 270 g/mol. The van der Waals surface area contributed by atoms with Crippen LogP contribution in [0.3, 0.4) is 0 Å². The molecule has 0 aliphatic heterocycles. The van der Waals surface area contributed by atoms with E-state index in [1.165, 1.54) is 13.2 Å². The van der Waals surface area contributed by atoms with Gasteiger partial charge in [-0.15, -0.1) is 0 Å². The average molecular weight is 270 g/mol. The maximum absolute atomic E-state index is 12.3. The molecule has 0 radical (unpaired) electrons. The van der Waals surface area contributed by atoms with Crippen molar-refractivity contribution in [2.45, 2.75) is 23.8 Å². The van der Waals surface area contributed by atoms with Gasteiger partial charge in [0, 0.05) is 12.6 Å². The lowest BCUT2D eigenvalue weighted by Gasteiger charge is -2.17. The van der Waals surface area contributed by atoms with Gasteiger partial charge in [-0.25, -0.2) is 13.1 Å². The van der Waals surface area contributed by atoms with Crippen molar-refractivity contribution in [1.82, 2.24) is 4.72 Å². The van der Waals surface area contributed by atoms with Crippen LogP contribution in [0.4, 0.5) is 0 Å². The maximum atomic E-state index is 12.3. The highest BCUT2D eigenvalue weighted by Gasteiger charge is 2.34. The van der Waals surface area contributed by atoms with Crippen molar-refractivity contribution in [3.05, 3.63) is 24.3 Å². The molecule has 1 atom stereocenters.